The molecule has 0 saturated carbocycles. The molecule has 190 valence electrons. The molecule has 2 heterocycles. The van der Waals surface area contributed by atoms with Gasteiger partial charge in [0.05, 0.1) is 11.6 Å². The van der Waals surface area contributed by atoms with E-state index in [1.807, 2.05) is 48.2 Å². The Kier molecular flexibility index (Phi) is 14.2. The van der Waals surface area contributed by atoms with Gasteiger partial charge in [0.15, 0.2) is 0 Å². The zero-order valence-electron chi connectivity index (χ0n) is 21.6. The number of aromatic hydroxyl groups is 1. The number of likely N-dealkylation sites (tertiary alicyclic amines) is 1. The van der Waals surface area contributed by atoms with Gasteiger partial charge in [-0.05, 0) is 92.3 Å². The molecule has 1 unspecified atom stereocenters. The monoisotopic (exact) mass is 500 g/mol. The second kappa shape index (κ2) is 17.4. The Morgan fingerprint density at radius 1 is 1.03 bits per heavy atom. The molecule has 4 heteroatoms. The van der Waals surface area contributed by atoms with Crippen LogP contribution in [0.1, 0.15) is 42.9 Å². The van der Waals surface area contributed by atoms with E-state index in [0.29, 0.717) is 11.3 Å². The van der Waals surface area contributed by atoms with Crippen molar-refractivity contribution in [1.82, 2.24) is 4.90 Å². The number of aryl methyl sites for hydroxylation is 2. The first-order valence-corrected chi connectivity index (χ1v) is 13.8. The Hall–Kier alpha value is -3.00. The average Bonchev–Trinajstić information content (AvgIpc) is 3.36. The van der Waals surface area contributed by atoms with Gasteiger partial charge in [-0.25, -0.2) is 0 Å². The summed E-state index contributed by atoms with van der Waals surface area (Å²) in [6.07, 6.45) is 6.36. The fraction of sp³-hybridized carbons (Fsp3) is 0.344. The zero-order valence-corrected chi connectivity index (χ0v) is 22.4. The first kappa shape index (κ1) is 29.2. The summed E-state index contributed by atoms with van der Waals surface area (Å²) in [5.74, 6) is 2.50. The minimum absolute atomic E-state index is 0.387. The third-order valence-electron chi connectivity index (χ3n) is 6.09. The number of hydrogen-bond donors (Lipinski definition) is 1. The molecule has 1 fully saturated rings. The second-order valence-electron chi connectivity index (χ2n) is 9.01. The fourth-order valence-corrected chi connectivity index (χ4v) is 5.29. The maximum Gasteiger partial charge on any atom is 0.116 e. The lowest BCUT2D eigenvalue weighted by Gasteiger charge is -2.14. The fourth-order valence-electron chi connectivity index (χ4n) is 4.22. The highest BCUT2D eigenvalue weighted by Crippen LogP contribution is 2.32. The zero-order chi connectivity index (χ0) is 26.0. The molecule has 1 saturated heterocycles. The first-order valence-electron chi connectivity index (χ1n) is 12.8. The number of benzene rings is 3. The van der Waals surface area contributed by atoms with E-state index >= 15 is 0 Å². The Balaban J connectivity index is 0.000000192. The molecule has 0 aliphatic carbocycles. The molecule has 2 aliphatic heterocycles. The predicted molar refractivity (Wildman–Crippen MR) is 155 cm³/mol. The Morgan fingerprint density at radius 2 is 1.72 bits per heavy atom. The van der Waals surface area contributed by atoms with Gasteiger partial charge in [0.2, 0.25) is 0 Å². The second-order valence-corrected chi connectivity index (χ2v) is 10.1. The summed E-state index contributed by atoms with van der Waals surface area (Å²) in [4.78, 5) is 3.87. The molecule has 0 spiro atoms. The molecule has 0 aromatic heterocycles. The van der Waals surface area contributed by atoms with Gasteiger partial charge in [-0.3, -0.25) is 0 Å². The van der Waals surface area contributed by atoms with Crippen molar-refractivity contribution in [2.45, 2.75) is 43.9 Å². The van der Waals surface area contributed by atoms with Crippen LogP contribution in [0.2, 0.25) is 0 Å². The molecule has 2 aliphatic rings. The van der Waals surface area contributed by atoms with Gasteiger partial charge in [0.25, 0.3) is 0 Å². The third kappa shape index (κ3) is 11.2. The van der Waals surface area contributed by atoms with Gasteiger partial charge in [0, 0.05) is 11.4 Å². The first-order chi connectivity index (χ1) is 17.6. The van der Waals surface area contributed by atoms with Crippen molar-refractivity contribution in [3.63, 3.8) is 0 Å². The molecule has 3 aromatic rings. The highest BCUT2D eigenvalue weighted by Gasteiger charge is 2.17. The van der Waals surface area contributed by atoms with E-state index in [1.54, 1.807) is 18.2 Å². The van der Waals surface area contributed by atoms with Crippen LogP contribution >= 0.6 is 11.8 Å². The van der Waals surface area contributed by atoms with Gasteiger partial charge in [-0.15, -0.1) is 24.9 Å². The summed E-state index contributed by atoms with van der Waals surface area (Å²) in [5, 5.41) is 17.5. The maximum atomic E-state index is 9.17. The summed E-state index contributed by atoms with van der Waals surface area (Å²) in [5.41, 5.74) is 3.58. The van der Waals surface area contributed by atoms with E-state index in [9.17, 15) is 5.11 Å². The maximum absolute atomic E-state index is 9.17. The van der Waals surface area contributed by atoms with Gasteiger partial charge in [-0.2, -0.15) is 5.26 Å². The molecule has 1 atom stereocenters. The van der Waals surface area contributed by atoms with E-state index in [0.717, 1.165) is 5.92 Å². The van der Waals surface area contributed by atoms with Crippen LogP contribution in [-0.4, -0.2) is 35.4 Å². The van der Waals surface area contributed by atoms with Crippen LogP contribution in [0, 0.1) is 17.2 Å². The Bertz CT molecular complexity index is 1030. The smallest absolute Gasteiger partial charge is 0.116 e. The van der Waals surface area contributed by atoms with Crippen molar-refractivity contribution in [1.29, 1.82) is 5.26 Å². The lowest BCUT2D eigenvalue weighted by atomic mass is 10.1. The summed E-state index contributed by atoms with van der Waals surface area (Å²) in [7, 11) is 0. The van der Waals surface area contributed by atoms with Crippen molar-refractivity contribution >= 4 is 11.8 Å². The molecular weight excluding hydrogens is 460 g/mol. The summed E-state index contributed by atoms with van der Waals surface area (Å²) in [6, 6.07) is 27.6. The topological polar surface area (TPSA) is 47.3 Å². The van der Waals surface area contributed by atoms with Gasteiger partial charge in [0.1, 0.15) is 5.75 Å². The molecule has 0 bridgehead atoms. The molecule has 36 heavy (non-hydrogen) atoms. The lowest BCUT2D eigenvalue weighted by molar-refractivity contribution is 0.323. The van der Waals surface area contributed by atoms with Crippen molar-refractivity contribution in [3.05, 3.63) is 109 Å². The summed E-state index contributed by atoms with van der Waals surface area (Å²) in [6.45, 7) is 12.3. The average molecular weight is 501 g/mol. The number of thioether (sulfide) groups is 1. The van der Waals surface area contributed by atoms with E-state index in [-0.39, 0.29) is 0 Å². The number of phenols is 1. The Labute approximate surface area is 222 Å². The van der Waals surface area contributed by atoms with E-state index in [2.05, 4.69) is 55.3 Å². The van der Waals surface area contributed by atoms with Gasteiger partial charge >= 0.3 is 0 Å². The highest BCUT2D eigenvalue weighted by atomic mass is 32.2. The van der Waals surface area contributed by atoms with Crippen LogP contribution in [0.3, 0.4) is 0 Å². The molecule has 0 radical (unpaired) electrons. The van der Waals surface area contributed by atoms with Crippen LogP contribution < -0.4 is 0 Å². The molecule has 1 N–H and O–H groups in total. The SMILES string of the molecule is C=C.CC1CCN(CCCc2ccccc2)C1.N#Cc1ccccc1.Oc1ccc2c(c1)SCCC2. The van der Waals surface area contributed by atoms with Crippen molar-refractivity contribution in [2.75, 3.05) is 25.4 Å². The van der Waals surface area contributed by atoms with Crippen LogP contribution in [0.25, 0.3) is 0 Å². The minimum atomic E-state index is 0.387. The number of fused-ring (bicyclic) bond motifs is 1. The lowest BCUT2D eigenvalue weighted by Crippen LogP contribution is -2.21. The molecule has 3 aromatic carbocycles. The number of rotatable bonds is 4. The standard InChI is InChI=1S/C14H21N.C9H10OS.C7H5N.C2H4/c1-13-9-11-15(12-13)10-5-8-14-6-3-2-4-7-14;10-8-4-3-7-2-1-5-11-9(7)6-8;8-6-7-4-2-1-3-5-7;1-2/h2-4,6-7,13H,5,8-12H2,1H3;3-4,6,10H,1-2,5H2;1-5H;1-2H2. The van der Waals surface area contributed by atoms with Crippen LogP contribution in [0.15, 0.2) is 96.9 Å². The Morgan fingerprint density at radius 3 is 2.33 bits per heavy atom. The third-order valence-corrected chi connectivity index (χ3v) is 7.28. The van der Waals surface area contributed by atoms with Gasteiger partial charge in [-0.1, -0.05) is 61.5 Å². The highest BCUT2D eigenvalue weighted by molar-refractivity contribution is 7.99. The summed E-state index contributed by atoms with van der Waals surface area (Å²) < 4.78 is 0. The van der Waals surface area contributed by atoms with Crippen LogP contribution in [0.5, 0.6) is 5.75 Å². The van der Waals surface area contributed by atoms with E-state index < -0.39 is 0 Å². The largest absolute Gasteiger partial charge is 0.508 e. The van der Waals surface area contributed by atoms with Crippen molar-refractivity contribution in [2.24, 2.45) is 5.92 Å². The van der Waals surface area contributed by atoms with E-state index in [4.69, 9.17) is 5.26 Å². The minimum Gasteiger partial charge on any atom is -0.508 e. The van der Waals surface area contributed by atoms with Gasteiger partial charge < -0.3 is 10.0 Å². The predicted octanol–water partition coefficient (Wildman–Crippen LogP) is 7.75. The van der Waals surface area contributed by atoms with Crippen LogP contribution in [-0.2, 0) is 12.8 Å². The molecule has 0 amide bonds. The summed E-state index contributed by atoms with van der Waals surface area (Å²) >= 11 is 1.84. The van der Waals surface area contributed by atoms with Crippen molar-refractivity contribution < 1.29 is 5.11 Å². The molecular formula is C32H40N2OS. The molecule has 5 rings (SSSR count). The normalized spacial score (nSPS) is 15.9. The number of nitrogens with zero attached hydrogens (tertiary/aromatic N) is 2. The number of nitriles is 1. The van der Waals surface area contributed by atoms with Crippen molar-refractivity contribution in [3.8, 4) is 11.8 Å². The number of phenolic OH excluding ortho intramolecular Hbond substituents is 1. The quantitative estimate of drug-likeness (QED) is 0.372. The van der Waals surface area contributed by atoms with E-state index in [1.165, 1.54) is 73.5 Å². The number of hydrogen-bond acceptors (Lipinski definition) is 4. The molecule has 3 nitrogen and oxygen atoms in total. The van der Waals surface area contributed by atoms with Crippen LogP contribution in [0.4, 0.5) is 0 Å².